The van der Waals surface area contributed by atoms with E-state index in [1.54, 1.807) is 36.5 Å². The van der Waals surface area contributed by atoms with Crippen molar-refractivity contribution >= 4 is 23.4 Å². The first-order chi connectivity index (χ1) is 19.7. The maximum absolute atomic E-state index is 13.3. The lowest BCUT2D eigenvalue weighted by molar-refractivity contribution is -0.137. The van der Waals surface area contributed by atoms with Crippen LogP contribution in [0.3, 0.4) is 0 Å². The van der Waals surface area contributed by atoms with Crippen molar-refractivity contribution in [3.63, 3.8) is 0 Å². The molecule has 41 heavy (non-hydrogen) atoms. The first kappa shape index (κ1) is 27.8. The zero-order valence-corrected chi connectivity index (χ0v) is 21.6. The summed E-state index contributed by atoms with van der Waals surface area (Å²) in [5.74, 6) is -2.11. The standard InChI is InChI=1S/C28H26F3N7O3/c29-28(30,31)19-7-4-8-20(13-19)36-26(39)24(17-5-2-1-3-6-17)41-27(40)23-25(32)34-15-22(37-23)18-14-35-38(16-18)21-9-11-33-12-10-21/h1-8,13-16,21,24,33H,9-12H2,(H2,32,34)(H,36,39)/t24-/m1/s1. The van der Waals surface area contributed by atoms with Gasteiger partial charge < -0.3 is 21.1 Å². The number of piperidine rings is 1. The van der Waals surface area contributed by atoms with Gasteiger partial charge >= 0.3 is 12.1 Å². The van der Waals surface area contributed by atoms with Crippen LogP contribution in [0.4, 0.5) is 24.7 Å². The van der Waals surface area contributed by atoms with Crippen LogP contribution in [0.1, 0.15) is 46.6 Å². The number of amides is 1. The van der Waals surface area contributed by atoms with Crippen LogP contribution in [0, 0.1) is 0 Å². The second-order valence-electron chi connectivity index (χ2n) is 9.44. The summed E-state index contributed by atoms with van der Waals surface area (Å²) < 4.78 is 46.9. The van der Waals surface area contributed by atoms with Gasteiger partial charge in [-0.05, 0) is 44.1 Å². The van der Waals surface area contributed by atoms with E-state index < -0.39 is 29.7 Å². The number of anilines is 2. The van der Waals surface area contributed by atoms with E-state index in [4.69, 9.17) is 10.5 Å². The van der Waals surface area contributed by atoms with Crippen LogP contribution >= 0.6 is 0 Å². The number of esters is 1. The molecule has 2 aromatic carbocycles. The summed E-state index contributed by atoms with van der Waals surface area (Å²) in [5, 5.41) is 10.1. The number of alkyl halides is 3. The SMILES string of the molecule is Nc1ncc(-c2cnn(C3CCNCC3)c2)nc1C(=O)O[C@@H](C(=O)Nc1cccc(C(F)(F)F)c1)c1ccccc1. The number of hydrogen-bond donors (Lipinski definition) is 3. The van der Waals surface area contributed by atoms with E-state index in [9.17, 15) is 22.8 Å². The molecule has 1 aliphatic heterocycles. The highest BCUT2D eigenvalue weighted by atomic mass is 19.4. The second-order valence-corrected chi connectivity index (χ2v) is 9.44. The number of carbonyl (C=O) groups is 2. The van der Waals surface area contributed by atoms with E-state index >= 15 is 0 Å². The number of hydrogen-bond acceptors (Lipinski definition) is 8. The maximum atomic E-state index is 13.3. The van der Waals surface area contributed by atoms with Gasteiger partial charge in [0.2, 0.25) is 6.10 Å². The van der Waals surface area contributed by atoms with Gasteiger partial charge in [-0.15, -0.1) is 0 Å². The molecule has 1 saturated heterocycles. The quantitative estimate of drug-likeness (QED) is 0.281. The number of nitrogen functional groups attached to an aromatic ring is 1. The van der Waals surface area contributed by atoms with Gasteiger partial charge in [-0.25, -0.2) is 14.8 Å². The molecular formula is C28H26F3N7O3. The lowest BCUT2D eigenvalue weighted by atomic mass is 10.1. The highest BCUT2D eigenvalue weighted by molar-refractivity contribution is 5.99. The van der Waals surface area contributed by atoms with Crippen LogP contribution in [0.25, 0.3) is 11.3 Å². The summed E-state index contributed by atoms with van der Waals surface area (Å²) in [4.78, 5) is 34.9. The fourth-order valence-electron chi connectivity index (χ4n) is 4.47. The molecule has 10 nitrogen and oxygen atoms in total. The molecule has 4 aromatic rings. The molecule has 2 aromatic heterocycles. The van der Waals surface area contributed by atoms with Crippen molar-refractivity contribution in [2.24, 2.45) is 0 Å². The highest BCUT2D eigenvalue weighted by Gasteiger charge is 2.32. The van der Waals surface area contributed by atoms with Crippen molar-refractivity contribution in [2.75, 3.05) is 24.1 Å². The normalized spacial score (nSPS) is 14.8. The van der Waals surface area contributed by atoms with Gasteiger partial charge in [-0.3, -0.25) is 9.48 Å². The Hall–Kier alpha value is -4.78. The first-order valence-corrected chi connectivity index (χ1v) is 12.8. The lowest BCUT2D eigenvalue weighted by Crippen LogP contribution is -2.29. The predicted molar refractivity (Wildman–Crippen MR) is 143 cm³/mol. The van der Waals surface area contributed by atoms with Gasteiger partial charge in [-0.2, -0.15) is 18.3 Å². The largest absolute Gasteiger partial charge is 0.442 e. The molecule has 0 aliphatic carbocycles. The number of ether oxygens (including phenoxy) is 1. The highest BCUT2D eigenvalue weighted by Crippen LogP contribution is 2.31. The molecule has 5 rings (SSSR count). The van der Waals surface area contributed by atoms with Crippen molar-refractivity contribution in [2.45, 2.75) is 31.2 Å². The number of carbonyl (C=O) groups excluding carboxylic acids is 2. The van der Waals surface area contributed by atoms with Crippen molar-refractivity contribution in [1.29, 1.82) is 0 Å². The van der Waals surface area contributed by atoms with E-state index in [2.05, 4.69) is 25.7 Å². The van der Waals surface area contributed by atoms with E-state index in [1.807, 2.05) is 10.9 Å². The first-order valence-electron chi connectivity index (χ1n) is 12.8. The van der Waals surface area contributed by atoms with Crippen molar-refractivity contribution < 1.29 is 27.5 Å². The summed E-state index contributed by atoms with van der Waals surface area (Å²) in [6.07, 6.45) is 0.575. The van der Waals surface area contributed by atoms with Crippen LogP contribution in [-0.2, 0) is 15.7 Å². The average molecular weight is 566 g/mol. The molecule has 3 heterocycles. The Labute approximate surface area is 232 Å². The summed E-state index contributed by atoms with van der Waals surface area (Å²) >= 11 is 0. The Morgan fingerprint density at radius 1 is 1.07 bits per heavy atom. The number of nitrogens with two attached hydrogens (primary N) is 1. The number of rotatable bonds is 7. The molecule has 13 heteroatoms. The van der Waals surface area contributed by atoms with E-state index in [0.717, 1.165) is 44.1 Å². The minimum absolute atomic E-state index is 0.117. The molecule has 0 saturated carbocycles. The Morgan fingerprint density at radius 2 is 1.83 bits per heavy atom. The number of benzene rings is 2. The number of nitrogens with zero attached hydrogens (tertiary/aromatic N) is 4. The van der Waals surface area contributed by atoms with Crippen molar-refractivity contribution in [1.82, 2.24) is 25.1 Å². The van der Waals surface area contributed by atoms with Gasteiger partial charge in [0, 0.05) is 23.0 Å². The zero-order valence-electron chi connectivity index (χ0n) is 21.6. The molecule has 0 radical (unpaired) electrons. The van der Waals surface area contributed by atoms with E-state index in [0.29, 0.717) is 11.3 Å². The zero-order chi connectivity index (χ0) is 29.0. The Bertz CT molecular complexity index is 1540. The fourth-order valence-corrected chi connectivity index (χ4v) is 4.47. The Balaban J connectivity index is 1.38. The van der Waals surface area contributed by atoms with E-state index in [-0.39, 0.29) is 28.8 Å². The summed E-state index contributed by atoms with van der Waals surface area (Å²) in [5.41, 5.74) is 5.82. The molecule has 1 amide bonds. The Kier molecular flexibility index (Phi) is 7.97. The van der Waals surface area contributed by atoms with Crippen molar-refractivity contribution in [3.05, 3.63) is 90.0 Å². The summed E-state index contributed by atoms with van der Waals surface area (Å²) in [7, 11) is 0. The average Bonchev–Trinajstić information content (AvgIpc) is 3.47. The Morgan fingerprint density at radius 3 is 2.56 bits per heavy atom. The number of halogens is 3. The minimum atomic E-state index is -4.60. The van der Waals surface area contributed by atoms with Crippen LogP contribution in [0.5, 0.6) is 0 Å². The van der Waals surface area contributed by atoms with Crippen LogP contribution in [0.2, 0.25) is 0 Å². The molecule has 212 valence electrons. The van der Waals surface area contributed by atoms with Gasteiger partial charge in [-0.1, -0.05) is 36.4 Å². The molecule has 4 N–H and O–H groups in total. The summed E-state index contributed by atoms with van der Waals surface area (Å²) in [6, 6.07) is 12.4. The third-order valence-corrected chi connectivity index (χ3v) is 6.60. The lowest BCUT2D eigenvalue weighted by Gasteiger charge is -2.22. The fraction of sp³-hybridized carbons (Fsp3) is 0.250. The van der Waals surface area contributed by atoms with Crippen LogP contribution < -0.4 is 16.4 Å². The second kappa shape index (κ2) is 11.8. The van der Waals surface area contributed by atoms with E-state index in [1.165, 1.54) is 12.3 Å². The third-order valence-electron chi connectivity index (χ3n) is 6.60. The molecule has 0 unspecified atom stereocenters. The van der Waals surface area contributed by atoms with Crippen LogP contribution in [0.15, 0.2) is 73.2 Å². The number of aromatic nitrogens is 4. The summed E-state index contributed by atoms with van der Waals surface area (Å²) in [6.45, 7) is 1.78. The van der Waals surface area contributed by atoms with Crippen molar-refractivity contribution in [3.8, 4) is 11.3 Å². The molecule has 1 aliphatic rings. The predicted octanol–water partition coefficient (Wildman–Crippen LogP) is 4.40. The third kappa shape index (κ3) is 6.52. The van der Waals surface area contributed by atoms with Gasteiger partial charge in [0.15, 0.2) is 11.5 Å². The van der Waals surface area contributed by atoms with Gasteiger partial charge in [0.25, 0.3) is 5.91 Å². The van der Waals surface area contributed by atoms with Gasteiger partial charge in [0.1, 0.15) is 0 Å². The number of nitrogens with one attached hydrogen (secondary N) is 2. The molecule has 1 fully saturated rings. The van der Waals surface area contributed by atoms with Gasteiger partial charge in [0.05, 0.1) is 29.7 Å². The maximum Gasteiger partial charge on any atom is 0.416 e. The topological polar surface area (TPSA) is 137 Å². The van der Waals surface area contributed by atoms with Crippen LogP contribution in [-0.4, -0.2) is 44.7 Å². The minimum Gasteiger partial charge on any atom is -0.442 e. The monoisotopic (exact) mass is 565 g/mol. The molecule has 1 atom stereocenters. The molecular weight excluding hydrogens is 539 g/mol. The molecule has 0 bridgehead atoms. The molecule has 0 spiro atoms. The smallest absolute Gasteiger partial charge is 0.416 e.